The van der Waals surface area contributed by atoms with E-state index >= 15 is 0 Å². The van der Waals surface area contributed by atoms with Gasteiger partial charge >= 0.3 is 5.97 Å². The topological polar surface area (TPSA) is 83.5 Å². The van der Waals surface area contributed by atoms with Gasteiger partial charge in [-0.15, -0.1) is 12.3 Å². The third-order valence-corrected chi connectivity index (χ3v) is 3.78. The highest BCUT2D eigenvalue weighted by Crippen LogP contribution is 2.16. The second-order valence-electron chi connectivity index (χ2n) is 3.85. The average Bonchev–Trinajstić information content (AvgIpc) is 2.31. The summed E-state index contributed by atoms with van der Waals surface area (Å²) in [5, 5.41) is 8.82. The third kappa shape index (κ3) is 3.77. The molecule has 7 heteroatoms. The van der Waals surface area contributed by atoms with Crippen LogP contribution in [-0.2, 0) is 14.8 Å². The van der Waals surface area contributed by atoms with Crippen LogP contribution in [0.2, 0.25) is 0 Å². The van der Waals surface area contributed by atoms with Crippen molar-refractivity contribution in [2.24, 2.45) is 0 Å². The van der Waals surface area contributed by atoms with E-state index in [0.717, 1.165) is 12.1 Å². The number of nitrogens with one attached hydrogen (secondary N) is 1. The van der Waals surface area contributed by atoms with Crippen LogP contribution in [0.4, 0.5) is 4.39 Å². The zero-order chi connectivity index (χ0) is 14.6. The van der Waals surface area contributed by atoms with Crippen LogP contribution in [0, 0.1) is 25.1 Å². The lowest BCUT2D eigenvalue weighted by Crippen LogP contribution is -2.40. The molecule has 0 radical (unpaired) electrons. The number of terminal acetylenes is 1. The Bertz CT molecular complexity index is 634. The van der Waals surface area contributed by atoms with Gasteiger partial charge in [0.05, 0.1) is 0 Å². The van der Waals surface area contributed by atoms with Crippen molar-refractivity contribution in [2.75, 3.05) is 0 Å². The molecule has 0 amide bonds. The Morgan fingerprint density at radius 2 is 2.21 bits per heavy atom. The minimum atomic E-state index is -4.28. The van der Waals surface area contributed by atoms with E-state index in [-0.39, 0.29) is 6.42 Å². The van der Waals surface area contributed by atoms with Crippen molar-refractivity contribution >= 4 is 16.0 Å². The van der Waals surface area contributed by atoms with Gasteiger partial charge in [-0.2, -0.15) is 4.72 Å². The zero-order valence-electron chi connectivity index (χ0n) is 10.1. The monoisotopic (exact) mass is 285 g/mol. The van der Waals surface area contributed by atoms with E-state index in [1.54, 1.807) is 6.92 Å². The molecular formula is C12H12FNO4S. The molecule has 0 bridgehead atoms. The molecule has 5 nitrogen and oxygen atoms in total. The number of halogens is 1. The standard InChI is InChI=1S/C12H12FNO4S/c1-3-4-10(12(15)16)14-19(17,18)11-7-8(2)5-6-9(11)13/h1,5-7,10,14H,4H2,2H3,(H,15,16). The smallest absolute Gasteiger partial charge is 0.322 e. The molecule has 1 atom stereocenters. The summed E-state index contributed by atoms with van der Waals surface area (Å²) >= 11 is 0. The van der Waals surface area contributed by atoms with Crippen molar-refractivity contribution < 1.29 is 22.7 Å². The zero-order valence-corrected chi connectivity index (χ0v) is 10.9. The molecule has 19 heavy (non-hydrogen) atoms. The van der Waals surface area contributed by atoms with E-state index in [1.807, 2.05) is 10.6 Å². The van der Waals surface area contributed by atoms with Crippen molar-refractivity contribution in [2.45, 2.75) is 24.3 Å². The lowest BCUT2D eigenvalue weighted by molar-refractivity contribution is -0.138. The van der Waals surface area contributed by atoms with E-state index in [2.05, 4.69) is 0 Å². The molecular weight excluding hydrogens is 273 g/mol. The summed E-state index contributed by atoms with van der Waals surface area (Å²) in [7, 11) is -4.28. The highest BCUT2D eigenvalue weighted by Gasteiger charge is 2.26. The quantitative estimate of drug-likeness (QED) is 0.787. The summed E-state index contributed by atoms with van der Waals surface area (Å²) in [4.78, 5) is 10.2. The first-order chi connectivity index (χ1) is 8.77. The fourth-order valence-corrected chi connectivity index (χ4v) is 2.72. The van der Waals surface area contributed by atoms with E-state index in [0.29, 0.717) is 5.56 Å². The summed E-state index contributed by atoms with van der Waals surface area (Å²) < 4.78 is 39.2. The molecule has 0 spiro atoms. The molecule has 1 aromatic carbocycles. The van der Waals surface area contributed by atoms with Gasteiger partial charge in [0, 0.05) is 6.42 Å². The Balaban J connectivity index is 3.14. The number of rotatable bonds is 5. The number of hydrogen-bond acceptors (Lipinski definition) is 3. The van der Waals surface area contributed by atoms with E-state index in [9.17, 15) is 17.6 Å². The van der Waals surface area contributed by atoms with E-state index < -0.39 is 32.7 Å². The van der Waals surface area contributed by atoms with Crippen molar-refractivity contribution in [3.63, 3.8) is 0 Å². The van der Waals surface area contributed by atoms with Crippen molar-refractivity contribution in [3.05, 3.63) is 29.6 Å². The molecule has 0 fully saturated rings. The molecule has 0 heterocycles. The number of sulfonamides is 1. The molecule has 0 saturated heterocycles. The van der Waals surface area contributed by atoms with Crippen LogP contribution in [0.5, 0.6) is 0 Å². The largest absolute Gasteiger partial charge is 0.480 e. The van der Waals surface area contributed by atoms with Crippen LogP contribution in [0.1, 0.15) is 12.0 Å². The first kappa shape index (κ1) is 15.1. The number of hydrogen-bond donors (Lipinski definition) is 2. The normalized spacial score (nSPS) is 12.7. The highest BCUT2D eigenvalue weighted by atomic mass is 32.2. The van der Waals surface area contributed by atoms with E-state index in [4.69, 9.17) is 11.5 Å². The second kappa shape index (κ2) is 5.82. The molecule has 0 aliphatic carbocycles. The Morgan fingerprint density at radius 3 is 2.74 bits per heavy atom. The van der Waals surface area contributed by atoms with Gasteiger partial charge in [0.15, 0.2) is 0 Å². The first-order valence-corrected chi connectivity index (χ1v) is 6.71. The first-order valence-electron chi connectivity index (χ1n) is 5.22. The van der Waals surface area contributed by atoms with Crippen molar-refractivity contribution in [1.82, 2.24) is 4.72 Å². The maximum absolute atomic E-state index is 13.5. The number of carboxylic acid groups (broad SMARTS) is 1. The second-order valence-corrected chi connectivity index (χ2v) is 5.54. The Hall–Kier alpha value is -1.91. The molecule has 1 unspecified atom stereocenters. The molecule has 0 aliphatic rings. The van der Waals surface area contributed by atoms with Crippen LogP contribution in [0.15, 0.2) is 23.1 Å². The number of carboxylic acids is 1. The van der Waals surface area contributed by atoms with Crippen LogP contribution in [-0.4, -0.2) is 25.5 Å². The minimum absolute atomic E-state index is 0.331. The van der Waals surface area contributed by atoms with Crippen molar-refractivity contribution in [1.29, 1.82) is 0 Å². The SMILES string of the molecule is C#CCC(NS(=O)(=O)c1cc(C)ccc1F)C(=O)O. The lowest BCUT2D eigenvalue weighted by Gasteiger charge is -2.13. The molecule has 1 rings (SSSR count). The van der Waals surface area contributed by atoms with Crippen LogP contribution in [0.25, 0.3) is 0 Å². The van der Waals surface area contributed by atoms with Gasteiger partial charge in [-0.25, -0.2) is 12.8 Å². The Kier molecular flexibility index (Phi) is 4.64. The van der Waals surface area contributed by atoms with Gasteiger partial charge in [-0.3, -0.25) is 4.79 Å². The maximum Gasteiger partial charge on any atom is 0.322 e. The van der Waals surface area contributed by atoms with Gasteiger partial charge in [0.1, 0.15) is 16.8 Å². The summed E-state index contributed by atoms with van der Waals surface area (Å²) in [6.07, 6.45) is 4.63. The highest BCUT2D eigenvalue weighted by molar-refractivity contribution is 7.89. The fraction of sp³-hybridized carbons (Fsp3) is 0.250. The summed E-state index contributed by atoms with van der Waals surface area (Å²) in [6, 6.07) is 2.03. The lowest BCUT2D eigenvalue weighted by atomic mass is 10.2. The molecule has 0 saturated carbocycles. The molecule has 1 aromatic rings. The van der Waals surface area contributed by atoms with Crippen LogP contribution in [0.3, 0.4) is 0 Å². The molecule has 0 aliphatic heterocycles. The van der Waals surface area contributed by atoms with Gasteiger partial charge in [0.25, 0.3) is 0 Å². The Labute approximate surface area is 110 Å². The average molecular weight is 285 g/mol. The van der Waals surface area contributed by atoms with Gasteiger partial charge < -0.3 is 5.11 Å². The van der Waals surface area contributed by atoms with Crippen LogP contribution >= 0.6 is 0 Å². The van der Waals surface area contributed by atoms with Crippen LogP contribution < -0.4 is 4.72 Å². The molecule has 2 N–H and O–H groups in total. The molecule has 0 aromatic heterocycles. The number of aryl methyl sites for hydroxylation is 1. The fourth-order valence-electron chi connectivity index (χ4n) is 1.36. The summed E-state index contributed by atoms with van der Waals surface area (Å²) in [5.41, 5.74) is 0.533. The van der Waals surface area contributed by atoms with Gasteiger partial charge in [-0.1, -0.05) is 6.07 Å². The third-order valence-electron chi connectivity index (χ3n) is 2.29. The van der Waals surface area contributed by atoms with Gasteiger partial charge in [-0.05, 0) is 24.6 Å². The number of carbonyl (C=O) groups is 1. The maximum atomic E-state index is 13.5. The van der Waals surface area contributed by atoms with Gasteiger partial charge in [0.2, 0.25) is 10.0 Å². The Morgan fingerprint density at radius 1 is 1.58 bits per heavy atom. The summed E-state index contributed by atoms with van der Waals surface area (Å²) in [6.45, 7) is 1.59. The van der Waals surface area contributed by atoms with E-state index in [1.165, 1.54) is 6.07 Å². The minimum Gasteiger partial charge on any atom is -0.480 e. The van der Waals surface area contributed by atoms with Crippen molar-refractivity contribution in [3.8, 4) is 12.3 Å². The number of aliphatic carboxylic acids is 1. The number of benzene rings is 1. The molecule has 102 valence electrons. The summed E-state index contributed by atoms with van der Waals surface area (Å²) in [5.74, 6) is -0.330. The predicted molar refractivity (Wildman–Crippen MR) is 66.3 cm³/mol. The predicted octanol–water partition coefficient (Wildman–Crippen LogP) is 0.889.